The van der Waals surface area contributed by atoms with Crippen molar-refractivity contribution in [2.24, 2.45) is 0 Å². The van der Waals surface area contributed by atoms with Crippen LogP contribution >= 0.6 is 0 Å². The first-order chi connectivity index (χ1) is 11.2. The maximum absolute atomic E-state index is 4.32. The third-order valence-electron chi connectivity index (χ3n) is 4.13. The van der Waals surface area contributed by atoms with E-state index in [9.17, 15) is 0 Å². The first kappa shape index (κ1) is 17.4. The molecule has 4 heteroatoms. The molecule has 1 unspecified atom stereocenters. The van der Waals surface area contributed by atoms with Crippen molar-refractivity contribution in [1.82, 2.24) is 15.1 Å². The molecule has 124 valence electrons. The van der Waals surface area contributed by atoms with Crippen LogP contribution in [-0.4, -0.2) is 40.8 Å². The fourth-order valence-electron chi connectivity index (χ4n) is 2.66. The quantitative estimate of drug-likeness (QED) is 0.758. The Morgan fingerprint density at radius 3 is 2.35 bits per heavy atom. The number of benzene rings is 1. The largest absolute Gasteiger partial charge is 0.366 e. The molecule has 23 heavy (non-hydrogen) atoms. The molecule has 0 fully saturated rings. The molecule has 0 radical (unpaired) electrons. The number of rotatable bonds is 9. The molecule has 0 amide bonds. The maximum atomic E-state index is 4.32. The Morgan fingerprint density at radius 2 is 1.74 bits per heavy atom. The Balaban J connectivity index is 1.81. The van der Waals surface area contributed by atoms with E-state index in [1.165, 1.54) is 6.42 Å². The van der Waals surface area contributed by atoms with Gasteiger partial charge in [-0.25, -0.2) is 0 Å². The minimum Gasteiger partial charge on any atom is -0.366 e. The molecular formula is C19H28N4. The molecule has 0 spiro atoms. The zero-order valence-electron chi connectivity index (χ0n) is 14.5. The molecule has 2 aromatic rings. The third kappa shape index (κ3) is 5.64. The Labute approximate surface area is 139 Å². The second kappa shape index (κ2) is 9.26. The van der Waals surface area contributed by atoms with E-state index in [1.54, 1.807) is 0 Å². The van der Waals surface area contributed by atoms with Gasteiger partial charge in [-0.05, 0) is 51.5 Å². The summed E-state index contributed by atoms with van der Waals surface area (Å²) in [5.41, 5.74) is 2.00. The highest BCUT2D eigenvalue weighted by Crippen LogP contribution is 2.16. The lowest BCUT2D eigenvalue weighted by Gasteiger charge is -2.19. The predicted octanol–water partition coefficient (Wildman–Crippen LogP) is 4.07. The molecule has 1 aromatic heterocycles. The average molecular weight is 312 g/mol. The lowest BCUT2D eigenvalue weighted by molar-refractivity contribution is 0.295. The molecule has 1 N–H and O–H groups in total. The molecule has 0 aliphatic carbocycles. The molecule has 0 saturated heterocycles. The van der Waals surface area contributed by atoms with Gasteiger partial charge in [-0.15, -0.1) is 10.2 Å². The van der Waals surface area contributed by atoms with Crippen molar-refractivity contribution in [3.8, 4) is 11.3 Å². The number of anilines is 1. The van der Waals surface area contributed by atoms with Crippen molar-refractivity contribution in [2.45, 2.75) is 39.7 Å². The highest BCUT2D eigenvalue weighted by molar-refractivity contribution is 5.59. The van der Waals surface area contributed by atoms with Gasteiger partial charge in [0.15, 0.2) is 0 Å². The molecule has 1 aromatic carbocycles. The molecule has 0 aliphatic rings. The molecule has 1 atom stereocenters. The van der Waals surface area contributed by atoms with E-state index in [4.69, 9.17) is 0 Å². The number of hydrogen-bond acceptors (Lipinski definition) is 4. The van der Waals surface area contributed by atoms with Crippen molar-refractivity contribution in [1.29, 1.82) is 0 Å². The van der Waals surface area contributed by atoms with Crippen LogP contribution in [0.5, 0.6) is 0 Å². The van der Waals surface area contributed by atoms with Crippen molar-refractivity contribution in [3.05, 3.63) is 42.5 Å². The van der Waals surface area contributed by atoms with Gasteiger partial charge in [-0.2, -0.15) is 0 Å². The van der Waals surface area contributed by atoms with Crippen LogP contribution in [0.2, 0.25) is 0 Å². The van der Waals surface area contributed by atoms with Gasteiger partial charge >= 0.3 is 0 Å². The summed E-state index contributed by atoms with van der Waals surface area (Å²) < 4.78 is 0. The minimum atomic E-state index is 0.405. The molecule has 4 nitrogen and oxygen atoms in total. The van der Waals surface area contributed by atoms with Gasteiger partial charge in [-0.1, -0.05) is 44.2 Å². The topological polar surface area (TPSA) is 41.0 Å². The Kier molecular flexibility index (Phi) is 7.01. The van der Waals surface area contributed by atoms with Crippen LogP contribution < -0.4 is 5.32 Å². The predicted molar refractivity (Wildman–Crippen MR) is 97.6 cm³/mol. The first-order valence-corrected chi connectivity index (χ1v) is 8.61. The lowest BCUT2D eigenvalue weighted by Crippen LogP contribution is -2.25. The molecule has 1 heterocycles. The van der Waals surface area contributed by atoms with E-state index in [0.717, 1.165) is 43.1 Å². The summed E-state index contributed by atoms with van der Waals surface area (Å²) in [6, 6.07) is 14.6. The average Bonchev–Trinajstić information content (AvgIpc) is 2.60. The summed E-state index contributed by atoms with van der Waals surface area (Å²) in [5, 5.41) is 12.1. The molecule has 0 bridgehead atoms. The van der Waals surface area contributed by atoms with Crippen molar-refractivity contribution in [2.75, 3.05) is 25.0 Å². The van der Waals surface area contributed by atoms with Crippen LogP contribution in [0, 0.1) is 0 Å². The van der Waals surface area contributed by atoms with E-state index in [1.807, 2.05) is 42.5 Å². The number of hydrogen-bond donors (Lipinski definition) is 1. The van der Waals surface area contributed by atoms with Gasteiger partial charge in [0.25, 0.3) is 0 Å². The zero-order valence-corrected chi connectivity index (χ0v) is 14.5. The standard InChI is InChI=1S/C19H28N4/c1-4-23(5-2)15-9-10-16(3)20-19-14-13-18(21-22-19)17-11-7-6-8-12-17/h6-8,11-14,16H,4-5,9-10,15H2,1-3H3,(H,20,22). The van der Waals surface area contributed by atoms with Gasteiger partial charge < -0.3 is 10.2 Å². The summed E-state index contributed by atoms with van der Waals surface area (Å²) in [6.07, 6.45) is 2.34. The smallest absolute Gasteiger partial charge is 0.148 e. The summed E-state index contributed by atoms with van der Waals surface area (Å²) >= 11 is 0. The monoisotopic (exact) mass is 312 g/mol. The highest BCUT2D eigenvalue weighted by Gasteiger charge is 2.06. The maximum Gasteiger partial charge on any atom is 0.148 e. The minimum absolute atomic E-state index is 0.405. The van der Waals surface area contributed by atoms with Gasteiger partial charge in [0.05, 0.1) is 5.69 Å². The number of aromatic nitrogens is 2. The zero-order chi connectivity index (χ0) is 16.5. The fraction of sp³-hybridized carbons (Fsp3) is 0.474. The Morgan fingerprint density at radius 1 is 1.00 bits per heavy atom. The van der Waals surface area contributed by atoms with E-state index >= 15 is 0 Å². The van der Waals surface area contributed by atoms with Crippen LogP contribution in [0.3, 0.4) is 0 Å². The van der Waals surface area contributed by atoms with E-state index in [0.29, 0.717) is 6.04 Å². The molecule has 2 rings (SSSR count). The summed E-state index contributed by atoms with van der Waals surface area (Å²) in [7, 11) is 0. The third-order valence-corrected chi connectivity index (χ3v) is 4.13. The van der Waals surface area contributed by atoms with Crippen LogP contribution in [-0.2, 0) is 0 Å². The molecule has 0 saturated carbocycles. The van der Waals surface area contributed by atoms with Gasteiger partial charge in [-0.3, -0.25) is 0 Å². The summed E-state index contributed by atoms with van der Waals surface area (Å²) in [5.74, 6) is 0.847. The number of nitrogens with one attached hydrogen (secondary N) is 1. The second-order valence-corrected chi connectivity index (χ2v) is 5.88. The molecular weight excluding hydrogens is 284 g/mol. The van der Waals surface area contributed by atoms with Crippen molar-refractivity contribution >= 4 is 5.82 Å². The summed E-state index contributed by atoms with van der Waals surface area (Å²) in [4.78, 5) is 2.46. The summed E-state index contributed by atoms with van der Waals surface area (Å²) in [6.45, 7) is 10.1. The van der Waals surface area contributed by atoms with Gasteiger partial charge in [0.2, 0.25) is 0 Å². The van der Waals surface area contributed by atoms with E-state index in [-0.39, 0.29) is 0 Å². The molecule has 0 aliphatic heterocycles. The lowest BCUT2D eigenvalue weighted by atomic mass is 10.1. The Bertz CT molecular complexity index is 549. The SMILES string of the molecule is CCN(CC)CCCC(C)Nc1ccc(-c2ccccc2)nn1. The normalized spacial score (nSPS) is 12.3. The first-order valence-electron chi connectivity index (χ1n) is 8.61. The van der Waals surface area contributed by atoms with Crippen LogP contribution in [0.4, 0.5) is 5.82 Å². The van der Waals surface area contributed by atoms with Crippen molar-refractivity contribution in [3.63, 3.8) is 0 Å². The van der Waals surface area contributed by atoms with Gasteiger partial charge in [0.1, 0.15) is 5.82 Å². The Hall–Kier alpha value is -1.94. The van der Waals surface area contributed by atoms with Crippen LogP contribution in [0.1, 0.15) is 33.6 Å². The van der Waals surface area contributed by atoms with Crippen molar-refractivity contribution < 1.29 is 0 Å². The fourth-order valence-corrected chi connectivity index (χ4v) is 2.66. The van der Waals surface area contributed by atoms with Gasteiger partial charge in [0, 0.05) is 11.6 Å². The van der Waals surface area contributed by atoms with Crippen LogP contribution in [0.15, 0.2) is 42.5 Å². The van der Waals surface area contributed by atoms with Crippen LogP contribution in [0.25, 0.3) is 11.3 Å². The number of nitrogens with zero attached hydrogens (tertiary/aromatic N) is 3. The highest BCUT2D eigenvalue weighted by atomic mass is 15.2. The second-order valence-electron chi connectivity index (χ2n) is 5.88. The van der Waals surface area contributed by atoms with E-state index in [2.05, 4.69) is 41.2 Å². The van der Waals surface area contributed by atoms with E-state index < -0.39 is 0 Å².